The zero-order valence-corrected chi connectivity index (χ0v) is 19.1. The molecule has 33 heavy (non-hydrogen) atoms. The summed E-state index contributed by atoms with van der Waals surface area (Å²) in [6.07, 6.45) is 3.96. The molecule has 0 unspecified atom stereocenters. The van der Waals surface area contributed by atoms with Crippen LogP contribution in [-0.2, 0) is 0 Å². The first kappa shape index (κ1) is 19.6. The van der Waals surface area contributed by atoms with E-state index in [4.69, 9.17) is 4.98 Å². The number of imidazole rings is 1. The molecule has 6 aromatic rings. The first-order valence-electron chi connectivity index (χ1n) is 11.3. The standard InChI is InChI=1S/C30H25N3/c1-20-17-21(2)29(22(3)18-20)32-16-15-31-30(32)23-13-14-28-26(19-23)25-11-7-8-12-27(25)33(28)24-9-5-4-6-10-24/h4-19H,1-3H3. The topological polar surface area (TPSA) is 22.8 Å². The van der Waals surface area contributed by atoms with Crippen molar-refractivity contribution in [2.75, 3.05) is 0 Å². The van der Waals surface area contributed by atoms with Gasteiger partial charge in [-0.25, -0.2) is 4.98 Å². The van der Waals surface area contributed by atoms with Gasteiger partial charge in [0.05, 0.1) is 16.7 Å². The monoisotopic (exact) mass is 427 g/mol. The van der Waals surface area contributed by atoms with Gasteiger partial charge in [-0.2, -0.15) is 0 Å². The smallest absolute Gasteiger partial charge is 0.144 e. The van der Waals surface area contributed by atoms with E-state index in [-0.39, 0.29) is 0 Å². The second kappa shape index (κ2) is 7.49. The summed E-state index contributed by atoms with van der Waals surface area (Å²) < 4.78 is 4.57. The van der Waals surface area contributed by atoms with Gasteiger partial charge in [0.25, 0.3) is 0 Å². The molecule has 0 aliphatic carbocycles. The summed E-state index contributed by atoms with van der Waals surface area (Å²) in [4.78, 5) is 4.78. The van der Waals surface area contributed by atoms with Gasteiger partial charge in [-0.1, -0.05) is 54.1 Å². The molecule has 6 rings (SSSR count). The van der Waals surface area contributed by atoms with Gasteiger partial charge in [0.2, 0.25) is 0 Å². The third-order valence-corrected chi connectivity index (χ3v) is 6.46. The highest BCUT2D eigenvalue weighted by Crippen LogP contribution is 2.35. The van der Waals surface area contributed by atoms with Crippen LogP contribution in [0.3, 0.4) is 0 Å². The fourth-order valence-corrected chi connectivity index (χ4v) is 5.22. The molecule has 160 valence electrons. The van der Waals surface area contributed by atoms with Crippen LogP contribution in [0, 0.1) is 20.8 Å². The lowest BCUT2D eigenvalue weighted by atomic mass is 10.0. The van der Waals surface area contributed by atoms with E-state index < -0.39 is 0 Å². The average Bonchev–Trinajstić information content (AvgIpc) is 3.41. The third kappa shape index (κ3) is 3.08. The number of hydrogen-bond acceptors (Lipinski definition) is 1. The molecule has 0 spiro atoms. The van der Waals surface area contributed by atoms with Crippen LogP contribution < -0.4 is 0 Å². The Morgan fingerprint density at radius 2 is 1.36 bits per heavy atom. The predicted octanol–water partition coefficient (Wildman–Crippen LogP) is 7.56. The second-order valence-electron chi connectivity index (χ2n) is 8.79. The summed E-state index contributed by atoms with van der Waals surface area (Å²) in [5.41, 5.74) is 9.70. The van der Waals surface area contributed by atoms with Gasteiger partial charge >= 0.3 is 0 Å². The van der Waals surface area contributed by atoms with Crippen molar-refractivity contribution >= 4 is 21.8 Å². The van der Waals surface area contributed by atoms with Crippen LogP contribution >= 0.6 is 0 Å². The lowest BCUT2D eigenvalue weighted by molar-refractivity contribution is 1.03. The summed E-state index contributed by atoms with van der Waals surface area (Å²) in [5, 5.41) is 2.48. The molecule has 4 aromatic carbocycles. The van der Waals surface area contributed by atoms with Crippen LogP contribution in [0.1, 0.15) is 16.7 Å². The number of benzene rings is 4. The molecule has 0 saturated carbocycles. The Kier molecular flexibility index (Phi) is 4.44. The minimum atomic E-state index is 0.962. The van der Waals surface area contributed by atoms with Gasteiger partial charge in [0.1, 0.15) is 5.82 Å². The van der Waals surface area contributed by atoms with Crippen molar-refractivity contribution in [2.24, 2.45) is 0 Å². The Morgan fingerprint density at radius 3 is 2.15 bits per heavy atom. The van der Waals surface area contributed by atoms with Crippen LogP contribution in [0.25, 0.3) is 44.6 Å². The Balaban J connectivity index is 1.60. The quantitative estimate of drug-likeness (QED) is 0.286. The molecular weight excluding hydrogens is 402 g/mol. The molecule has 3 nitrogen and oxygen atoms in total. The SMILES string of the molecule is Cc1cc(C)c(-n2ccnc2-c2ccc3c(c2)c2ccccc2n3-c2ccccc2)c(C)c1. The van der Waals surface area contributed by atoms with Crippen molar-refractivity contribution in [3.63, 3.8) is 0 Å². The molecule has 0 atom stereocenters. The van der Waals surface area contributed by atoms with E-state index in [1.165, 1.54) is 49.9 Å². The minimum absolute atomic E-state index is 0.962. The Morgan fingerprint density at radius 1 is 0.667 bits per heavy atom. The zero-order valence-electron chi connectivity index (χ0n) is 19.1. The van der Waals surface area contributed by atoms with Crippen LogP contribution in [-0.4, -0.2) is 14.1 Å². The normalized spacial score (nSPS) is 11.5. The molecule has 0 amide bonds. The molecule has 0 N–H and O–H groups in total. The number of para-hydroxylation sites is 2. The fourth-order valence-electron chi connectivity index (χ4n) is 5.22. The number of fused-ring (bicyclic) bond motifs is 3. The van der Waals surface area contributed by atoms with Crippen LogP contribution in [0.15, 0.2) is 97.3 Å². The van der Waals surface area contributed by atoms with E-state index in [2.05, 4.69) is 121 Å². The fraction of sp³-hybridized carbons (Fsp3) is 0.100. The van der Waals surface area contributed by atoms with Crippen molar-refractivity contribution < 1.29 is 0 Å². The predicted molar refractivity (Wildman–Crippen MR) is 138 cm³/mol. The molecule has 2 heterocycles. The van der Waals surface area contributed by atoms with E-state index >= 15 is 0 Å². The molecule has 0 fully saturated rings. The Labute approximate surface area is 193 Å². The zero-order chi connectivity index (χ0) is 22.5. The van der Waals surface area contributed by atoms with E-state index in [1.807, 2.05) is 6.20 Å². The van der Waals surface area contributed by atoms with Crippen molar-refractivity contribution in [2.45, 2.75) is 20.8 Å². The van der Waals surface area contributed by atoms with Crippen molar-refractivity contribution in [1.82, 2.24) is 14.1 Å². The first-order chi connectivity index (χ1) is 16.1. The lowest BCUT2D eigenvalue weighted by Crippen LogP contribution is -2.02. The lowest BCUT2D eigenvalue weighted by Gasteiger charge is -2.15. The van der Waals surface area contributed by atoms with Gasteiger partial charge in [-0.05, 0) is 68.3 Å². The molecule has 3 heteroatoms. The summed E-state index contributed by atoms with van der Waals surface area (Å²) >= 11 is 0. The van der Waals surface area contributed by atoms with E-state index in [0.29, 0.717) is 0 Å². The maximum Gasteiger partial charge on any atom is 0.144 e. The molecule has 0 saturated heterocycles. The van der Waals surface area contributed by atoms with Crippen molar-refractivity contribution in [3.8, 4) is 22.8 Å². The molecule has 0 radical (unpaired) electrons. The highest BCUT2D eigenvalue weighted by molar-refractivity contribution is 6.10. The van der Waals surface area contributed by atoms with Gasteiger partial charge in [0.15, 0.2) is 0 Å². The van der Waals surface area contributed by atoms with Gasteiger partial charge in [-0.3, -0.25) is 4.57 Å². The van der Waals surface area contributed by atoms with Crippen LogP contribution in [0.2, 0.25) is 0 Å². The largest absolute Gasteiger partial charge is 0.309 e. The Hall–Kier alpha value is -4.11. The number of rotatable bonds is 3. The van der Waals surface area contributed by atoms with E-state index in [1.54, 1.807) is 0 Å². The summed E-state index contributed by atoms with van der Waals surface area (Å²) in [6, 6.07) is 30.4. The first-order valence-corrected chi connectivity index (χ1v) is 11.3. The minimum Gasteiger partial charge on any atom is -0.309 e. The molecule has 0 aliphatic rings. The highest BCUT2D eigenvalue weighted by Gasteiger charge is 2.16. The summed E-state index contributed by atoms with van der Waals surface area (Å²) in [6.45, 7) is 6.50. The van der Waals surface area contributed by atoms with Crippen molar-refractivity contribution in [3.05, 3.63) is 114 Å². The Bertz CT molecular complexity index is 1610. The number of hydrogen-bond donors (Lipinski definition) is 0. The molecule has 2 aromatic heterocycles. The maximum absolute atomic E-state index is 4.78. The molecule has 0 bridgehead atoms. The van der Waals surface area contributed by atoms with Crippen LogP contribution in [0.4, 0.5) is 0 Å². The molecular formula is C30H25N3. The summed E-state index contributed by atoms with van der Waals surface area (Å²) in [7, 11) is 0. The van der Waals surface area contributed by atoms with E-state index in [9.17, 15) is 0 Å². The number of aryl methyl sites for hydroxylation is 3. The van der Waals surface area contributed by atoms with Gasteiger partial charge in [-0.15, -0.1) is 0 Å². The molecule has 0 aliphatic heterocycles. The highest BCUT2D eigenvalue weighted by atomic mass is 15.1. The van der Waals surface area contributed by atoms with Gasteiger partial charge in [0, 0.05) is 34.4 Å². The van der Waals surface area contributed by atoms with E-state index in [0.717, 1.165) is 11.4 Å². The van der Waals surface area contributed by atoms with Crippen molar-refractivity contribution in [1.29, 1.82) is 0 Å². The second-order valence-corrected chi connectivity index (χ2v) is 8.79. The number of nitrogens with zero attached hydrogens (tertiary/aromatic N) is 3. The van der Waals surface area contributed by atoms with Crippen LogP contribution in [0.5, 0.6) is 0 Å². The third-order valence-electron chi connectivity index (χ3n) is 6.46. The summed E-state index contributed by atoms with van der Waals surface area (Å²) in [5.74, 6) is 0.962. The van der Waals surface area contributed by atoms with Gasteiger partial charge < -0.3 is 4.57 Å². The maximum atomic E-state index is 4.78. The average molecular weight is 428 g/mol. The number of aromatic nitrogens is 3.